The van der Waals surface area contributed by atoms with Gasteiger partial charge in [0.25, 0.3) is 0 Å². The Balaban J connectivity index is 2.79. The van der Waals surface area contributed by atoms with E-state index >= 15 is 0 Å². The Morgan fingerprint density at radius 1 is 1.50 bits per heavy atom. The minimum atomic E-state index is -0.649. The minimum Gasteiger partial charge on any atom is -0.382 e. The summed E-state index contributed by atoms with van der Waals surface area (Å²) < 4.78 is 0. The van der Waals surface area contributed by atoms with Crippen LogP contribution in [-0.2, 0) is 0 Å². The molecule has 4 heteroatoms. The highest BCUT2D eigenvalue weighted by molar-refractivity contribution is 5.33. The molecule has 4 nitrogen and oxygen atoms in total. The van der Waals surface area contributed by atoms with Gasteiger partial charge in [0.1, 0.15) is 17.6 Å². The van der Waals surface area contributed by atoms with Gasteiger partial charge in [0.2, 0.25) is 0 Å². The summed E-state index contributed by atoms with van der Waals surface area (Å²) in [5.41, 5.74) is 5.82. The molecule has 1 rings (SSSR count). The quantitative estimate of drug-likeness (QED) is 0.519. The minimum absolute atomic E-state index is 0.359. The third-order valence-corrected chi connectivity index (χ3v) is 1.09. The highest BCUT2D eigenvalue weighted by Crippen LogP contribution is 1.94. The molecule has 0 amide bonds. The lowest BCUT2D eigenvalue weighted by Crippen LogP contribution is -1.96. The topological polar surface area (TPSA) is 72.0 Å². The van der Waals surface area contributed by atoms with Gasteiger partial charge in [0, 0.05) is 0 Å². The second-order valence-corrected chi connectivity index (χ2v) is 2.29. The van der Waals surface area contributed by atoms with Crippen LogP contribution in [0.5, 0.6) is 0 Å². The number of hydrogen-bond acceptors (Lipinski definition) is 4. The van der Waals surface area contributed by atoms with E-state index in [4.69, 9.17) is 10.8 Å². The average molecular weight is 163 g/mol. The van der Waals surface area contributed by atoms with E-state index in [2.05, 4.69) is 22.0 Å². The molecule has 1 aromatic rings. The number of aliphatic hydroxyl groups is 1. The SMILES string of the molecule is C[C@H](O)C#Cc1ccc(N)nn1. The van der Waals surface area contributed by atoms with Gasteiger partial charge in [-0.05, 0) is 25.0 Å². The number of nitrogens with zero attached hydrogens (tertiary/aromatic N) is 2. The fourth-order valence-electron chi connectivity index (χ4n) is 0.588. The predicted molar refractivity (Wildman–Crippen MR) is 45.0 cm³/mol. The van der Waals surface area contributed by atoms with Crippen molar-refractivity contribution in [3.05, 3.63) is 17.8 Å². The second-order valence-electron chi connectivity index (χ2n) is 2.29. The number of rotatable bonds is 0. The highest BCUT2D eigenvalue weighted by Gasteiger charge is 1.89. The lowest BCUT2D eigenvalue weighted by atomic mass is 10.3. The summed E-state index contributed by atoms with van der Waals surface area (Å²) >= 11 is 0. The normalized spacial score (nSPS) is 11.5. The molecule has 0 aromatic carbocycles. The summed E-state index contributed by atoms with van der Waals surface area (Å²) in [6.07, 6.45) is -0.649. The van der Waals surface area contributed by atoms with Crippen molar-refractivity contribution >= 4 is 5.82 Å². The molecular formula is C8H9N3O. The van der Waals surface area contributed by atoms with Gasteiger partial charge in [-0.1, -0.05) is 5.92 Å². The molecular weight excluding hydrogens is 154 g/mol. The maximum absolute atomic E-state index is 8.82. The van der Waals surface area contributed by atoms with Gasteiger partial charge in [0.05, 0.1) is 0 Å². The fraction of sp³-hybridized carbons (Fsp3) is 0.250. The van der Waals surface area contributed by atoms with Gasteiger partial charge in [-0.2, -0.15) is 0 Å². The van der Waals surface area contributed by atoms with Gasteiger partial charge in [0.15, 0.2) is 0 Å². The van der Waals surface area contributed by atoms with Crippen molar-refractivity contribution in [2.75, 3.05) is 5.73 Å². The molecule has 0 unspecified atom stereocenters. The Morgan fingerprint density at radius 2 is 2.25 bits per heavy atom. The predicted octanol–water partition coefficient (Wildman–Crippen LogP) is -0.209. The zero-order chi connectivity index (χ0) is 8.97. The van der Waals surface area contributed by atoms with E-state index in [1.807, 2.05) is 0 Å². The van der Waals surface area contributed by atoms with Gasteiger partial charge >= 0.3 is 0 Å². The first-order valence-electron chi connectivity index (χ1n) is 3.47. The van der Waals surface area contributed by atoms with Crippen LogP contribution in [0.15, 0.2) is 12.1 Å². The molecule has 0 fully saturated rings. The molecule has 0 bridgehead atoms. The van der Waals surface area contributed by atoms with Crippen molar-refractivity contribution in [3.8, 4) is 11.8 Å². The van der Waals surface area contributed by atoms with Gasteiger partial charge in [-0.25, -0.2) is 0 Å². The summed E-state index contributed by atoms with van der Waals surface area (Å²) in [7, 11) is 0. The van der Waals surface area contributed by atoms with Crippen LogP contribution in [0, 0.1) is 11.8 Å². The van der Waals surface area contributed by atoms with Crippen LogP contribution in [0.4, 0.5) is 5.82 Å². The van der Waals surface area contributed by atoms with Crippen LogP contribution in [0.25, 0.3) is 0 Å². The first kappa shape index (κ1) is 8.50. The number of aliphatic hydroxyl groups excluding tert-OH is 1. The van der Waals surface area contributed by atoms with E-state index < -0.39 is 6.10 Å². The van der Waals surface area contributed by atoms with Gasteiger partial charge < -0.3 is 10.8 Å². The summed E-state index contributed by atoms with van der Waals surface area (Å²) in [6, 6.07) is 3.26. The maximum atomic E-state index is 8.82. The summed E-state index contributed by atoms with van der Waals surface area (Å²) in [5, 5.41) is 16.1. The van der Waals surface area contributed by atoms with Crippen LogP contribution in [0.2, 0.25) is 0 Å². The monoisotopic (exact) mass is 163 g/mol. The Morgan fingerprint density at radius 3 is 2.75 bits per heavy atom. The number of anilines is 1. The van der Waals surface area contributed by atoms with E-state index in [1.54, 1.807) is 19.1 Å². The van der Waals surface area contributed by atoms with Crippen molar-refractivity contribution < 1.29 is 5.11 Å². The Hall–Kier alpha value is -1.60. The average Bonchev–Trinajstić information content (AvgIpc) is 2.03. The molecule has 0 saturated carbocycles. The summed E-state index contributed by atoms with van der Waals surface area (Å²) in [4.78, 5) is 0. The van der Waals surface area contributed by atoms with Crippen molar-refractivity contribution in [1.29, 1.82) is 0 Å². The van der Waals surface area contributed by atoms with Gasteiger partial charge in [-0.15, -0.1) is 10.2 Å². The zero-order valence-corrected chi connectivity index (χ0v) is 6.65. The Labute approximate surface area is 70.4 Å². The largest absolute Gasteiger partial charge is 0.382 e. The third kappa shape index (κ3) is 2.56. The molecule has 62 valence electrons. The van der Waals surface area contributed by atoms with Gasteiger partial charge in [-0.3, -0.25) is 0 Å². The van der Waals surface area contributed by atoms with Crippen molar-refractivity contribution in [2.45, 2.75) is 13.0 Å². The molecule has 1 aromatic heterocycles. The molecule has 0 radical (unpaired) electrons. The lowest BCUT2D eigenvalue weighted by Gasteiger charge is -1.90. The molecule has 3 N–H and O–H groups in total. The molecule has 0 spiro atoms. The van der Waals surface area contributed by atoms with Crippen molar-refractivity contribution in [2.24, 2.45) is 0 Å². The second kappa shape index (κ2) is 3.69. The zero-order valence-electron chi connectivity index (χ0n) is 6.65. The van der Waals surface area contributed by atoms with E-state index in [-0.39, 0.29) is 0 Å². The summed E-state index contributed by atoms with van der Waals surface area (Å²) in [5.74, 6) is 5.54. The van der Waals surface area contributed by atoms with Crippen LogP contribution < -0.4 is 5.73 Å². The van der Waals surface area contributed by atoms with Crippen LogP contribution in [0.3, 0.4) is 0 Å². The van der Waals surface area contributed by atoms with Crippen molar-refractivity contribution in [1.82, 2.24) is 10.2 Å². The number of hydrogen-bond donors (Lipinski definition) is 2. The fourth-order valence-corrected chi connectivity index (χ4v) is 0.588. The molecule has 1 atom stereocenters. The first-order chi connectivity index (χ1) is 5.68. The molecule has 0 aliphatic rings. The molecule has 0 aliphatic heterocycles. The lowest BCUT2D eigenvalue weighted by molar-refractivity contribution is 0.253. The highest BCUT2D eigenvalue weighted by atomic mass is 16.3. The van der Waals surface area contributed by atoms with Crippen LogP contribution in [0.1, 0.15) is 12.6 Å². The number of nitrogen functional groups attached to an aromatic ring is 1. The van der Waals surface area contributed by atoms with Crippen LogP contribution in [-0.4, -0.2) is 21.4 Å². The van der Waals surface area contributed by atoms with E-state index in [0.717, 1.165) is 0 Å². The number of nitrogens with two attached hydrogens (primary N) is 1. The maximum Gasteiger partial charge on any atom is 0.146 e. The summed E-state index contributed by atoms with van der Waals surface area (Å²) in [6.45, 7) is 1.58. The first-order valence-corrected chi connectivity index (χ1v) is 3.47. The molecule has 12 heavy (non-hydrogen) atoms. The standard InChI is InChI=1S/C8H9N3O/c1-6(12)2-3-7-4-5-8(9)11-10-7/h4-6,12H,1H3,(H2,9,11)/t6-/m0/s1. The van der Waals surface area contributed by atoms with E-state index in [9.17, 15) is 0 Å². The van der Waals surface area contributed by atoms with E-state index in [0.29, 0.717) is 11.5 Å². The Kier molecular flexibility index (Phi) is 2.62. The molecule has 0 aliphatic carbocycles. The number of aromatic nitrogens is 2. The molecule has 1 heterocycles. The van der Waals surface area contributed by atoms with Crippen molar-refractivity contribution in [3.63, 3.8) is 0 Å². The van der Waals surface area contributed by atoms with E-state index in [1.165, 1.54) is 0 Å². The smallest absolute Gasteiger partial charge is 0.146 e. The molecule has 0 saturated heterocycles. The third-order valence-electron chi connectivity index (χ3n) is 1.09. The van der Waals surface area contributed by atoms with Crippen LogP contribution >= 0.6 is 0 Å². The Bertz CT molecular complexity index is 307.